The lowest BCUT2D eigenvalue weighted by Gasteiger charge is -1.96. The number of carbonyl (C=O) groups excluding carboxylic acids is 1. The highest BCUT2D eigenvalue weighted by molar-refractivity contribution is 9.12. The zero-order valence-electron chi connectivity index (χ0n) is 6.26. The minimum absolute atomic E-state index is 0.206. The summed E-state index contributed by atoms with van der Waals surface area (Å²) in [7, 11) is 0. The van der Waals surface area contributed by atoms with Gasteiger partial charge in [-0.3, -0.25) is 4.79 Å². The predicted molar refractivity (Wildman–Crippen MR) is 44.9 cm³/mol. The van der Waals surface area contributed by atoms with Crippen LogP contribution in [-0.2, 0) is 9.53 Å². The monoisotopic (exact) mass is 216 g/mol. The molecule has 1 aliphatic rings. The summed E-state index contributed by atoms with van der Waals surface area (Å²) in [6.07, 6.45) is 1.06. The molecule has 11 heavy (non-hydrogen) atoms. The van der Waals surface area contributed by atoms with Gasteiger partial charge in [-0.15, -0.1) is 0 Å². The Morgan fingerprint density at radius 2 is 2.55 bits per heavy atom. The highest BCUT2D eigenvalue weighted by Gasteiger charge is 2.36. The predicted octanol–water partition coefficient (Wildman–Crippen LogP) is 1.54. The summed E-state index contributed by atoms with van der Waals surface area (Å²) >= 11 is 3.03. The third kappa shape index (κ3) is 2.94. The third-order valence-corrected chi connectivity index (χ3v) is 1.89. The van der Waals surface area contributed by atoms with Crippen LogP contribution >= 0.6 is 15.9 Å². The Morgan fingerprint density at radius 3 is 3.09 bits per heavy atom. The summed E-state index contributed by atoms with van der Waals surface area (Å²) in [5, 5.41) is 0. The van der Waals surface area contributed by atoms with Crippen LogP contribution in [-0.4, -0.2) is 12.6 Å². The Kier molecular flexibility index (Phi) is 2.95. The van der Waals surface area contributed by atoms with E-state index in [1.54, 1.807) is 0 Å². The van der Waals surface area contributed by atoms with Crippen molar-refractivity contribution in [1.29, 1.82) is 0 Å². The van der Waals surface area contributed by atoms with Crippen LogP contribution < -0.4 is 0 Å². The van der Waals surface area contributed by atoms with Gasteiger partial charge < -0.3 is 4.74 Å². The number of ether oxygens (including phenoxy) is 1. The minimum Gasteiger partial charge on any atom is -0.466 e. The molecule has 0 heterocycles. The van der Waals surface area contributed by atoms with Gasteiger partial charge >= 0.3 is 5.97 Å². The molecule has 0 bridgehead atoms. The summed E-state index contributed by atoms with van der Waals surface area (Å²) in [4.78, 5) is 13.0. The van der Waals surface area contributed by atoms with E-state index in [0.29, 0.717) is 18.4 Å². The molecular formula is C8H9BrO2. The topological polar surface area (TPSA) is 26.3 Å². The van der Waals surface area contributed by atoms with E-state index in [0.717, 1.165) is 6.42 Å². The lowest BCUT2D eigenvalue weighted by molar-refractivity contribution is -0.141. The van der Waals surface area contributed by atoms with Crippen molar-refractivity contribution in [2.45, 2.75) is 13.3 Å². The molecule has 0 aromatic heterocycles. The van der Waals surface area contributed by atoms with Crippen molar-refractivity contribution in [3.05, 3.63) is 0 Å². The van der Waals surface area contributed by atoms with Crippen molar-refractivity contribution in [1.82, 2.24) is 0 Å². The Bertz CT molecular complexity index is 214. The van der Waals surface area contributed by atoms with Crippen molar-refractivity contribution in [3.8, 4) is 10.8 Å². The first-order valence-corrected chi connectivity index (χ1v) is 4.28. The third-order valence-electron chi connectivity index (χ3n) is 1.66. The first-order chi connectivity index (χ1) is 5.24. The van der Waals surface area contributed by atoms with E-state index in [2.05, 4.69) is 26.7 Å². The molecule has 0 radical (unpaired) electrons. The SMILES string of the molecule is CC(=O)OC[C@@H]1C[C@H]1C#CBr. The molecule has 0 saturated heterocycles. The van der Waals surface area contributed by atoms with Gasteiger partial charge in [-0.25, -0.2) is 0 Å². The summed E-state index contributed by atoms with van der Waals surface area (Å²) in [5.41, 5.74) is 0. The van der Waals surface area contributed by atoms with Crippen LogP contribution in [0.1, 0.15) is 13.3 Å². The molecule has 1 fully saturated rings. The van der Waals surface area contributed by atoms with E-state index in [-0.39, 0.29) is 5.97 Å². The van der Waals surface area contributed by atoms with E-state index in [9.17, 15) is 4.79 Å². The number of hydrogen-bond donors (Lipinski definition) is 0. The average Bonchev–Trinajstić information content (AvgIpc) is 2.64. The Balaban J connectivity index is 2.12. The molecule has 0 aromatic carbocycles. The molecule has 0 aliphatic heterocycles. The molecule has 1 saturated carbocycles. The maximum absolute atomic E-state index is 10.4. The zero-order chi connectivity index (χ0) is 8.27. The largest absolute Gasteiger partial charge is 0.466 e. The summed E-state index contributed by atoms with van der Waals surface area (Å²) in [5.74, 6) is 3.68. The number of esters is 1. The van der Waals surface area contributed by atoms with Crippen molar-refractivity contribution in [2.75, 3.05) is 6.61 Å². The molecule has 0 amide bonds. The van der Waals surface area contributed by atoms with Crippen LogP contribution in [0.5, 0.6) is 0 Å². The Labute approximate surface area is 74.4 Å². The smallest absolute Gasteiger partial charge is 0.302 e. The molecule has 0 spiro atoms. The van der Waals surface area contributed by atoms with Gasteiger partial charge in [0.15, 0.2) is 0 Å². The van der Waals surface area contributed by atoms with Crippen molar-refractivity contribution in [3.63, 3.8) is 0 Å². The van der Waals surface area contributed by atoms with Crippen LogP contribution in [0, 0.1) is 22.6 Å². The molecule has 1 rings (SSSR count). The first-order valence-electron chi connectivity index (χ1n) is 3.48. The van der Waals surface area contributed by atoms with Gasteiger partial charge in [-0.1, -0.05) is 5.92 Å². The molecule has 3 heteroatoms. The molecule has 0 N–H and O–H groups in total. The molecule has 60 valence electrons. The maximum Gasteiger partial charge on any atom is 0.302 e. The Hall–Kier alpha value is -0.490. The number of halogens is 1. The molecule has 2 atom stereocenters. The second kappa shape index (κ2) is 3.77. The molecule has 0 aromatic rings. The van der Waals surface area contributed by atoms with Gasteiger partial charge in [-0.05, 0) is 11.3 Å². The van der Waals surface area contributed by atoms with Crippen molar-refractivity contribution >= 4 is 21.9 Å². The van der Waals surface area contributed by atoms with E-state index in [4.69, 9.17) is 4.74 Å². The fourth-order valence-electron chi connectivity index (χ4n) is 0.903. The van der Waals surface area contributed by atoms with E-state index in [1.165, 1.54) is 6.92 Å². The van der Waals surface area contributed by atoms with Crippen molar-refractivity contribution in [2.24, 2.45) is 11.8 Å². The van der Waals surface area contributed by atoms with Gasteiger partial charge in [-0.2, -0.15) is 0 Å². The van der Waals surface area contributed by atoms with Crippen LogP contribution in [0.15, 0.2) is 0 Å². The van der Waals surface area contributed by atoms with Crippen LogP contribution in [0.4, 0.5) is 0 Å². The second-order valence-corrected chi connectivity index (χ2v) is 3.04. The zero-order valence-corrected chi connectivity index (χ0v) is 7.85. The van der Waals surface area contributed by atoms with Gasteiger partial charge in [0, 0.05) is 34.7 Å². The summed E-state index contributed by atoms with van der Waals surface area (Å²) < 4.78 is 4.82. The van der Waals surface area contributed by atoms with Crippen molar-refractivity contribution < 1.29 is 9.53 Å². The lowest BCUT2D eigenvalue weighted by atomic mass is 10.3. The summed E-state index contributed by atoms with van der Waals surface area (Å²) in [6.45, 7) is 1.95. The lowest BCUT2D eigenvalue weighted by Crippen LogP contribution is -2.02. The quantitative estimate of drug-likeness (QED) is 0.518. The summed E-state index contributed by atoms with van der Waals surface area (Å²) in [6, 6.07) is 0. The fraction of sp³-hybridized carbons (Fsp3) is 0.625. The number of hydrogen-bond acceptors (Lipinski definition) is 2. The second-order valence-electron chi connectivity index (χ2n) is 2.64. The first kappa shape index (κ1) is 8.61. The van der Waals surface area contributed by atoms with E-state index in [1.807, 2.05) is 0 Å². The van der Waals surface area contributed by atoms with Crippen LogP contribution in [0.25, 0.3) is 0 Å². The van der Waals surface area contributed by atoms with Gasteiger partial charge in [0.05, 0.1) is 6.61 Å². The molecule has 0 unspecified atom stereocenters. The standard InChI is InChI=1S/C8H9BrO2/c1-6(10)11-5-8-4-7(8)2-3-9/h7-8H,4-5H2,1H3/t7-,8+/m1/s1. The number of rotatable bonds is 2. The van der Waals surface area contributed by atoms with Crippen LogP contribution in [0.3, 0.4) is 0 Å². The minimum atomic E-state index is -0.206. The normalized spacial score (nSPS) is 26.7. The average molecular weight is 217 g/mol. The molecule has 1 aliphatic carbocycles. The molecule has 2 nitrogen and oxygen atoms in total. The Morgan fingerprint density at radius 1 is 1.82 bits per heavy atom. The fourth-order valence-corrected chi connectivity index (χ4v) is 1.20. The van der Waals surface area contributed by atoms with E-state index < -0.39 is 0 Å². The van der Waals surface area contributed by atoms with Gasteiger partial charge in [0.25, 0.3) is 0 Å². The number of carbonyl (C=O) groups is 1. The van der Waals surface area contributed by atoms with E-state index >= 15 is 0 Å². The van der Waals surface area contributed by atoms with Gasteiger partial charge in [0.1, 0.15) is 0 Å². The maximum atomic E-state index is 10.4. The highest BCUT2D eigenvalue weighted by atomic mass is 79.9. The highest BCUT2D eigenvalue weighted by Crippen LogP contribution is 2.37. The van der Waals surface area contributed by atoms with Crippen LogP contribution in [0.2, 0.25) is 0 Å². The van der Waals surface area contributed by atoms with Gasteiger partial charge in [0.2, 0.25) is 0 Å². The molecular weight excluding hydrogens is 208 g/mol.